The van der Waals surface area contributed by atoms with Gasteiger partial charge in [0.2, 0.25) is 0 Å². The molecular weight excluding hydrogens is 172 g/mol. The summed E-state index contributed by atoms with van der Waals surface area (Å²) < 4.78 is 10.7. The van der Waals surface area contributed by atoms with Gasteiger partial charge in [-0.1, -0.05) is 0 Å². The van der Waals surface area contributed by atoms with Crippen LogP contribution >= 0.6 is 11.8 Å². The van der Waals surface area contributed by atoms with Crippen LogP contribution in [0.1, 0.15) is 0 Å². The number of carbonyl (C=O) groups is 1. The molecule has 5 heteroatoms. The predicted molar refractivity (Wildman–Crippen MR) is 43.9 cm³/mol. The Morgan fingerprint density at radius 3 is 2.70 bits per heavy atom. The van der Waals surface area contributed by atoms with Gasteiger partial charge in [-0.05, 0) is 6.26 Å². The summed E-state index contributed by atoms with van der Waals surface area (Å²) >= 11 is 1.57. The molecule has 1 unspecified atom stereocenters. The van der Waals surface area contributed by atoms with Crippen LogP contribution in [0, 0.1) is 0 Å². The Labute approximate surface area is 66.7 Å². The molecule has 0 aliphatic rings. The van der Waals surface area contributed by atoms with Gasteiger partial charge in [0, 0.05) is 22.3 Å². The van der Waals surface area contributed by atoms with E-state index < -0.39 is 16.8 Å². The minimum absolute atomic E-state index is 0.222. The van der Waals surface area contributed by atoms with Crippen molar-refractivity contribution in [3.8, 4) is 0 Å². The molecule has 3 nitrogen and oxygen atoms in total. The van der Waals surface area contributed by atoms with Gasteiger partial charge in [-0.25, -0.2) is 0 Å². The third-order valence-electron chi connectivity index (χ3n) is 0.800. The van der Waals surface area contributed by atoms with Gasteiger partial charge in [-0.15, -0.1) is 0 Å². The molecule has 0 rings (SSSR count). The van der Waals surface area contributed by atoms with Crippen molar-refractivity contribution >= 4 is 28.5 Å². The van der Waals surface area contributed by atoms with Crippen LogP contribution < -0.4 is 0 Å². The van der Waals surface area contributed by atoms with E-state index in [9.17, 15) is 9.00 Å². The van der Waals surface area contributed by atoms with Gasteiger partial charge in [0.15, 0.2) is 0 Å². The number of carboxylic acids is 1. The molecule has 0 spiro atoms. The zero-order chi connectivity index (χ0) is 7.98. The third kappa shape index (κ3) is 6.10. The van der Waals surface area contributed by atoms with Gasteiger partial charge >= 0.3 is 5.97 Å². The van der Waals surface area contributed by atoms with E-state index in [0.717, 1.165) is 5.75 Å². The van der Waals surface area contributed by atoms with Crippen molar-refractivity contribution in [2.24, 2.45) is 0 Å². The summed E-state index contributed by atoms with van der Waals surface area (Å²) in [5, 5.41) is 8.18. The first-order valence-electron chi connectivity index (χ1n) is 2.72. The Hall–Kier alpha value is -0.0300. The van der Waals surface area contributed by atoms with Crippen LogP contribution in [0.4, 0.5) is 0 Å². The molecule has 0 saturated heterocycles. The molecule has 0 aromatic heterocycles. The SMILES string of the molecule is CSCCS(=O)CC(=O)O. The summed E-state index contributed by atoms with van der Waals surface area (Å²) in [6.45, 7) is 0. The summed E-state index contributed by atoms with van der Waals surface area (Å²) in [5.41, 5.74) is 0. The highest BCUT2D eigenvalue weighted by Gasteiger charge is 2.03. The van der Waals surface area contributed by atoms with Crippen LogP contribution in [-0.2, 0) is 15.6 Å². The molecule has 0 saturated carbocycles. The number of hydrogen-bond acceptors (Lipinski definition) is 3. The molecule has 0 aromatic carbocycles. The lowest BCUT2D eigenvalue weighted by Gasteiger charge is -1.94. The monoisotopic (exact) mass is 182 g/mol. The summed E-state index contributed by atoms with van der Waals surface area (Å²) in [6.07, 6.45) is 1.90. The van der Waals surface area contributed by atoms with E-state index in [1.807, 2.05) is 6.26 Å². The molecule has 0 amide bonds. The first-order valence-corrected chi connectivity index (χ1v) is 5.60. The van der Waals surface area contributed by atoms with E-state index in [4.69, 9.17) is 5.11 Å². The fourth-order valence-electron chi connectivity index (χ4n) is 0.386. The Balaban J connectivity index is 3.35. The summed E-state index contributed by atoms with van der Waals surface area (Å²) in [4.78, 5) is 9.97. The van der Waals surface area contributed by atoms with E-state index in [1.165, 1.54) is 0 Å². The standard InChI is InChI=1S/C5H10O3S2/c1-9-2-3-10(8)4-5(6)7/h2-4H2,1H3,(H,6,7). The maximum atomic E-state index is 10.7. The smallest absolute Gasteiger partial charge is 0.316 e. The lowest BCUT2D eigenvalue weighted by molar-refractivity contribution is -0.133. The van der Waals surface area contributed by atoms with Gasteiger partial charge in [0.1, 0.15) is 5.75 Å². The fourth-order valence-corrected chi connectivity index (χ4v) is 2.22. The van der Waals surface area contributed by atoms with Gasteiger partial charge < -0.3 is 5.11 Å². The first-order chi connectivity index (χ1) is 4.66. The van der Waals surface area contributed by atoms with Crippen molar-refractivity contribution in [2.75, 3.05) is 23.5 Å². The first kappa shape index (κ1) is 9.97. The van der Waals surface area contributed by atoms with Gasteiger partial charge in [-0.2, -0.15) is 11.8 Å². The van der Waals surface area contributed by atoms with Gasteiger partial charge in [-0.3, -0.25) is 9.00 Å². The Kier molecular flexibility index (Phi) is 5.71. The van der Waals surface area contributed by atoms with E-state index in [-0.39, 0.29) is 5.75 Å². The molecule has 0 fully saturated rings. The zero-order valence-electron chi connectivity index (χ0n) is 5.70. The van der Waals surface area contributed by atoms with Gasteiger partial charge in [0.25, 0.3) is 0 Å². The van der Waals surface area contributed by atoms with Crippen molar-refractivity contribution in [3.63, 3.8) is 0 Å². The molecule has 0 aliphatic heterocycles. The highest BCUT2D eigenvalue weighted by atomic mass is 32.2. The van der Waals surface area contributed by atoms with E-state index >= 15 is 0 Å². The Bertz CT molecular complexity index is 135. The molecule has 1 N–H and O–H groups in total. The molecule has 0 bridgehead atoms. The highest BCUT2D eigenvalue weighted by molar-refractivity contribution is 7.99. The normalized spacial score (nSPS) is 12.9. The summed E-state index contributed by atoms with van der Waals surface area (Å²) in [7, 11) is -1.17. The van der Waals surface area contributed by atoms with E-state index in [0.29, 0.717) is 5.75 Å². The second-order valence-corrected chi connectivity index (χ2v) is 4.24. The highest BCUT2D eigenvalue weighted by Crippen LogP contribution is 1.93. The molecule has 0 radical (unpaired) electrons. The van der Waals surface area contributed by atoms with Crippen LogP contribution in [0.2, 0.25) is 0 Å². The average molecular weight is 182 g/mol. The number of rotatable bonds is 5. The second kappa shape index (κ2) is 5.73. The number of hydrogen-bond donors (Lipinski definition) is 1. The number of thioether (sulfide) groups is 1. The van der Waals surface area contributed by atoms with Crippen molar-refractivity contribution in [1.29, 1.82) is 0 Å². The maximum absolute atomic E-state index is 10.7. The number of carboxylic acid groups (broad SMARTS) is 1. The minimum Gasteiger partial charge on any atom is -0.481 e. The average Bonchev–Trinajstić information content (AvgIpc) is 1.82. The molecule has 10 heavy (non-hydrogen) atoms. The largest absolute Gasteiger partial charge is 0.481 e. The summed E-state index contributed by atoms with van der Waals surface area (Å²) in [6, 6.07) is 0. The lowest BCUT2D eigenvalue weighted by atomic mass is 10.8. The maximum Gasteiger partial charge on any atom is 0.316 e. The van der Waals surface area contributed by atoms with E-state index in [1.54, 1.807) is 11.8 Å². The summed E-state index contributed by atoms with van der Waals surface area (Å²) in [5.74, 6) is 0.0351. The Morgan fingerprint density at radius 2 is 2.30 bits per heavy atom. The van der Waals surface area contributed by atoms with Crippen LogP contribution in [0.15, 0.2) is 0 Å². The topological polar surface area (TPSA) is 54.4 Å². The zero-order valence-corrected chi connectivity index (χ0v) is 7.33. The van der Waals surface area contributed by atoms with Crippen molar-refractivity contribution in [3.05, 3.63) is 0 Å². The lowest BCUT2D eigenvalue weighted by Crippen LogP contribution is -2.12. The Morgan fingerprint density at radius 1 is 1.70 bits per heavy atom. The van der Waals surface area contributed by atoms with Crippen LogP contribution in [0.5, 0.6) is 0 Å². The van der Waals surface area contributed by atoms with Crippen LogP contribution in [0.3, 0.4) is 0 Å². The van der Waals surface area contributed by atoms with Crippen molar-refractivity contribution in [1.82, 2.24) is 0 Å². The molecular formula is C5H10O3S2. The van der Waals surface area contributed by atoms with Gasteiger partial charge in [0.05, 0.1) is 0 Å². The van der Waals surface area contributed by atoms with E-state index in [2.05, 4.69) is 0 Å². The van der Waals surface area contributed by atoms with Crippen molar-refractivity contribution in [2.45, 2.75) is 0 Å². The fraction of sp³-hybridized carbons (Fsp3) is 0.800. The van der Waals surface area contributed by atoms with Crippen LogP contribution in [-0.4, -0.2) is 38.8 Å². The van der Waals surface area contributed by atoms with Crippen molar-refractivity contribution < 1.29 is 14.1 Å². The minimum atomic E-state index is -1.17. The molecule has 0 aromatic rings. The molecule has 60 valence electrons. The quantitative estimate of drug-likeness (QED) is 0.659. The molecule has 1 atom stereocenters. The second-order valence-electron chi connectivity index (χ2n) is 1.67. The number of aliphatic carboxylic acids is 1. The molecule has 0 aliphatic carbocycles. The predicted octanol–water partition coefficient (Wildman–Crippen LogP) is 0.183. The molecule has 0 heterocycles. The van der Waals surface area contributed by atoms with Crippen LogP contribution in [0.25, 0.3) is 0 Å². The third-order valence-corrected chi connectivity index (χ3v) is 2.90.